The van der Waals surface area contributed by atoms with Crippen molar-refractivity contribution in [2.24, 2.45) is 5.73 Å². The number of amides is 1. The van der Waals surface area contributed by atoms with E-state index in [9.17, 15) is 4.79 Å². The first-order chi connectivity index (χ1) is 4.30. The van der Waals surface area contributed by atoms with Crippen LogP contribution in [0, 0.1) is 0 Å². The molecule has 0 aromatic carbocycles. The van der Waals surface area contributed by atoms with Gasteiger partial charge in [-0.2, -0.15) is 0 Å². The second-order valence-corrected chi connectivity index (χ2v) is 1.49. The molecule has 0 saturated carbocycles. The Labute approximate surface area is 100 Å². The van der Waals surface area contributed by atoms with Gasteiger partial charge in [-0.05, 0) is 0 Å². The van der Waals surface area contributed by atoms with Gasteiger partial charge < -0.3 is 5.73 Å². The molecule has 2 N–H and O–H groups in total. The number of nitrogens with two attached hydrogens (primary N) is 1. The zero-order chi connectivity index (χ0) is 6.69. The van der Waals surface area contributed by atoms with Crippen LogP contribution in [0.3, 0.4) is 0 Å². The van der Waals surface area contributed by atoms with Gasteiger partial charge in [0.1, 0.15) is 6.33 Å². The Morgan fingerprint density at radius 2 is 1.46 bits per heavy atom. The highest BCUT2D eigenvalue weighted by molar-refractivity contribution is 5.91. The van der Waals surface area contributed by atoms with Crippen molar-refractivity contribution in [1.29, 1.82) is 0 Å². The number of nitrogens with zero attached hydrogens (tertiary/aromatic N) is 2. The van der Waals surface area contributed by atoms with Crippen LogP contribution in [0.2, 0.25) is 0 Å². The van der Waals surface area contributed by atoms with Gasteiger partial charge in [-0.1, -0.05) is 0 Å². The predicted molar refractivity (Wildman–Crippen MR) is 59.5 cm³/mol. The Morgan fingerprint density at radius 3 is 1.69 bits per heavy atom. The molecule has 1 rings (SSSR count). The van der Waals surface area contributed by atoms with Crippen molar-refractivity contribution in [1.82, 2.24) is 9.97 Å². The standard InChI is InChI=1S/C5H5N3O.4ClH/c6-5(9)4-1-7-3-8-2-4;;;;/h1-3H,(H2,6,9);4*1H. The highest BCUT2D eigenvalue weighted by Crippen LogP contribution is 1.87. The van der Waals surface area contributed by atoms with Gasteiger partial charge in [0, 0.05) is 12.4 Å². The number of carbonyl (C=O) groups is 1. The molecule has 8 heteroatoms. The van der Waals surface area contributed by atoms with Crippen LogP contribution in [0.15, 0.2) is 18.7 Å². The molecule has 0 radical (unpaired) electrons. The normalized spacial score (nSPS) is 6.15. The lowest BCUT2D eigenvalue weighted by Gasteiger charge is -1.88. The van der Waals surface area contributed by atoms with Gasteiger partial charge in [0.15, 0.2) is 0 Å². The summed E-state index contributed by atoms with van der Waals surface area (Å²) in [6.45, 7) is 0. The van der Waals surface area contributed by atoms with E-state index in [4.69, 9.17) is 5.73 Å². The minimum absolute atomic E-state index is 0. The van der Waals surface area contributed by atoms with Crippen LogP contribution in [-0.2, 0) is 0 Å². The van der Waals surface area contributed by atoms with Crippen molar-refractivity contribution in [3.8, 4) is 0 Å². The lowest BCUT2D eigenvalue weighted by Crippen LogP contribution is -2.11. The SMILES string of the molecule is Cl.Cl.Cl.Cl.NC(=O)c1cncnc1. The summed E-state index contributed by atoms with van der Waals surface area (Å²) in [6.07, 6.45) is 4.08. The number of halogens is 4. The lowest BCUT2D eigenvalue weighted by molar-refractivity contribution is 0.0999. The quantitative estimate of drug-likeness (QED) is 0.834. The van der Waals surface area contributed by atoms with Crippen molar-refractivity contribution in [3.05, 3.63) is 24.3 Å². The minimum Gasteiger partial charge on any atom is -0.366 e. The van der Waals surface area contributed by atoms with Crippen LogP contribution in [0.4, 0.5) is 0 Å². The number of carbonyl (C=O) groups excluding carboxylic acids is 1. The van der Waals surface area contributed by atoms with Crippen LogP contribution in [0.1, 0.15) is 10.4 Å². The molecule has 1 aromatic heterocycles. The Bertz CT molecular complexity index is 220. The molecule has 0 spiro atoms. The Hall–Kier alpha value is -0.290. The van der Waals surface area contributed by atoms with Crippen molar-refractivity contribution >= 4 is 55.5 Å². The third-order valence-corrected chi connectivity index (χ3v) is 0.845. The van der Waals surface area contributed by atoms with E-state index in [0.717, 1.165) is 0 Å². The van der Waals surface area contributed by atoms with Crippen molar-refractivity contribution in [2.45, 2.75) is 0 Å². The van der Waals surface area contributed by atoms with E-state index in [2.05, 4.69) is 9.97 Å². The average molecular weight is 269 g/mol. The fraction of sp³-hybridized carbons (Fsp3) is 0. The molecule has 1 amide bonds. The predicted octanol–water partition coefficient (Wildman–Crippen LogP) is 1.26. The molecule has 0 bridgehead atoms. The first-order valence-electron chi connectivity index (χ1n) is 2.35. The van der Waals surface area contributed by atoms with E-state index in [1.165, 1.54) is 18.7 Å². The first-order valence-corrected chi connectivity index (χ1v) is 2.35. The Morgan fingerprint density at radius 1 is 1.08 bits per heavy atom. The molecule has 0 fully saturated rings. The van der Waals surface area contributed by atoms with Gasteiger partial charge in [-0.15, -0.1) is 49.6 Å². The second kappa shape index (κ2) is 11.7. The fourth-order valence-electron chi connectivity index (χ4n) is 0.426. The maximum absolute atomic E-state index is 10.3. The van der Waals surface area contributed by atoms with Crippen LogP contribution in [0.25, 0.3) is 0 Å². The second-order valence-electron chi connectivity index (χ2n) is 1.49. The molecule has 13 heavy (non-hydrogen) atoms. The highest BCUT2D eigenvalue weighted by Gasteiger charge is 1.96. The summed E-state index contributed by atoms with van der Waals surface area (Å²) in [4.78, 5) is 17.5. The van der Waals surface area contributed by atoms with Crippen molar-refractivity contribution in [2.75, 3.05) is 0 Å². The van der Waals surface area contributed by atoms with Gasteiger partial charge in [0.05, 0.1) is 5.56 Å². The maximum atomic E-state index is 10.3. The van der Waals surface area contributed by atoms with E-state index in [-0.39, 0.29) is 49.6 Å². The summed E-state index contributed by atoms with van der Waals surface area (Å²) in [5, 5.41) is 0. The van der Waals surface area contributed by atoms with E-state index in [1.54, 1.807) is 0 Å². The number of primary amides is 1. The smallest absolute Gasteiger partial charge is 0.251 e. The van der Waals surface area contributed by atoms with Crippen LogP contribution >= 0.6 is 49.6 Å². The molecule has 4 nitrogen and oxygen atoms in total. The molecule has 78 valence electrons. The van der Waals surface area contributed by atoms with Gasteiger partial charge in [0.25, 0.3) is 5.91 Å². The number of hydrogen-bond acceptors (Lipinski definition) is 3. The molecule has 0 aliphatic carbocycles. The van der Waals surface area contributed by atoms with Gasteiger partial charge >= 0.3 is 0 Å². The Kier molecular flexibility index (Phi) is 20.7. The summed E-state index contributed by atoms with van der Waals surface area (Å²) in [5.41, 5.74) is 5.23. The number of hydrogen-bond donors (Lipinski definition) is 1. The monoisotopic (exact) mass is 267 g/mol. The summed E-state index contributed by atoms with van der Waals surface area (Å²) in [7, 11) is 0. The largest absolute Gasteiger partial charge is 0.366 e. The lowest BCUT2D eigenvalue weighted by atomic mass is 10.3. The first kappa shape index (κ1) is 23.0. The molecular weight excluding hydrogens is 260 g/mol. The van der Waals surface area contributed by atoms with Crippen molar-refractivity contribution < 1.29 is 4.79 Å². The molecule has 0 saturated heterocycles. The molecule has 1 aromatic rings. The van der Waals surface area contributed by atoms with Crippen LogP contribution in [-0.4, -0.2) is 15.9 Å². The Balaban J connectivity index is -0.000000101. The third-order valence-electron chi connectivity index (χ3n) is 0.845. The zero-order valence-corrected chi connectivity index (χ0v) is 9.51. The summed E-state index contributed by atoms with van der Waals surface area (Å²) in [6, 6.07) is 0. The number of rotatable bonds is 1. The summed E-state index contributed by atoms with van der Waals surface area (Å²) >= 11 is 0. The van der Waals surface area contributed by atoms with Crippen LogP contribution < -0.4 is 5.73 Å². The van der Waals surface area contributed by atoms with E-state index >= 15 is 0 Å². The van der Waals surface area contributed by atoms with Crippen molar-refractivity contribution in [3.63, 3.8) is 0 Å². The van der Waals surface area contributed by atoms with E-state index in [0.29, 0.717) is 5.56 Å². The topological polar surface area (TPSA) is 68.9 Å². The van der Waals surface area contributed by atoms with E-state index < -0.39 is 5.91 Å². The average Bonchev–Trinajstić information content (AvgIpc) is 1.90. The summed E-state index contributed by atoms with van der Waals surface area (Å²) in [5.74, 6) is -0.504. The van der Waals surface area contributed by atoms with Crippen LogP contribution in [0.5, 0.6) is 0 Å². The molecule has 0 aliphatic rings. The van der Waals surface area contributed by atoms with E-state index in [1.807, 2.05) is 0 Å². The molecule has 0 unspecified atom stereocenters. The fourth-order valence-corrected chi connectivity index (χ4v) is 0.426. The van der Waals surface area contributed by atoms with Gasteiger partial charge in [-0.3, -0.25) is 4.79 Å². The molecule has 0 atom stereocenters. The third kappa shape index (κ3) is 8.05. The summed E-state index contributed by atoms with van der Waals surface area (Å²) < 4.78 is 0. The maximum Gasteiger partial charge on any atom is 0.251 e. The van der Waals surface area contributed by atoms with Gasteiger partial charge in [-0.25, -0.2) is 9.97 Å². The highest BCUT2D eigenvalue weighted by atomic mass is 35.5. The molecule has 1 heterocycles. The zero-order valence-electron chi connectivity index (χ0n) is 6.25. The molecular formula is C5H9Cl4N3O. The number of aromatic nitrogens is 2. The molecule has 0 aliphatic heterocycles. The van der Waals surface area contributed by atoms with Gasteiger partial charge in [0.2, 0.25) is 0 Å². The minimum atomic E-state index is -0.504.